The summed E-state index contributed by atoms with van der Waals surface area (Å²) in [6.45, 7) is 6.36. The van der Waals surface area contributed by atoms with Gasteiger partial charge in [0.2, 0.25) is 9.70 Å². The SMILES string of the molecule is C#CC[C@H](NC(=O)OC(C)(C)C)C(=O)N[C@@H](C)C(=O)N1CCC[C@@H](C(=O)OCC(Cl)(Cl)Cl)N1. The van der Waals surface area contributed by atoms with E-state index in [2.05, 4.69) is 22.0 Å². The van der Waals surface area contributed by atoms with Gasteiger partial charge >= 0.3 is 12.1 Å². The van der Waals surface area contributed by atoms with Crippen LogP contribution in [0.15, 0.2) is 0 Å². The number of carbonyl (C=O) groups is 4. The average molecular weight is 528 g/mol. The van der Waals surface area contributed by atoms with Crippen LogP contribution in [0.5, 0.6) is 0 Å². The first-order valence-corrected chi connectivity index (χ1v) is 11.3. The van der Waals surface area contributed by atoms with Crippen molar-refractivity contribution in [1.82, 2.24) is 21.1 Å². The number of alkyl carbamates (subject to hydrolysis) is 1. The van der Waals surface area contributed by atoms with Crippen LogP contribution < -0.4 is 16.1 Å². The molecule has 186 valence electrons. The van der Waals surface area contributed by atoms with Gasteiger partial charge in [-0.25, -0.2) is 10.2 Å². The Hall–Kier alpha value is -1.93. The van der Waals surface area contributed by atoms with E-state index in [0.717, 1.165) is 0 Å². The van der Waals surface area contributed by atoms with Gasteiger partial charge in [-0.2, -0.15) is 0 Å². The maximum absolute atomic E-state index is 12.8. The minimum Gasteiger partial charge on any atom is -0.460 e. The van der Waals surface area contributed by atoms with Crippen LogP contribution >= 0.6 is 34.8 Å². The highest BCUT2D eigenvalue weighted by molar-refractivity contribution is 6.67. The fourth-order valence-electron chi connectivity index (χ4n) is 2.76. The quantitative estimate of drug-likeness (QED) is 0.262. The predicted octanol–water partition coefficient (Wildman–Crippen LogP) is 1.82. The van der Waals surface area contributed by atoms with E-state index in [1.807, 2.05) is 0 Å². The van der Waals surface area contributed by atoms with E-state index >= 15 is 0 Å². The van der Waals surface area contributed by atoms with Gasteiger partial charge in [0, 0.05) is 13.0 Å². The van der Waals surface area contributed by atoms with Gasteiger partial charge in [0.25, 0.3) is 5.91 Å². The lowest BCUT2D eigenvalue weighted by Crippen LogP contribution is -2.60. The molecule has 0 bridgehead atoms. The van der Waals surface area contributed by atoms with Crippen molar-refractivity contribution < 1.29 is 28.7 Å². The second-order valence-electron chi connectivity index (χ2n) is 8.37. The molecule has 10 nitrogen and oxygen atoms in total. The molecule has 1 saturated heterocycles. The van der Waals surface area contributed by atoms with Gasteiger partial charge in [0.15, 0.2) is 0 Å². The molecule has 0 saturated carbocycles. The number of esters is 1. The van der Waals surface area contributed by atoms with E-state index in [0.29, 0.717) is 19.4 Å². The summed E-state index contributed by atoms with van der Waals surface area (Å²) >= 11 is 16.7. The molecular weight excluding hydrogens is 499 g/mol. The number of alkyl halides is 3. The van der Waals surface area contributed by atoms with Crippen molar-refractivity contribution in [1.29, 1.82) is 0 Å². The van der Waals surface area contributed by atoms with Crippen molar-refractivity contribution in [2.75, 3.05) is 13.2 Å². The van der Waals surface area contributed by atoms with Gasteiger partial charge in [-0.05, 0) is 40.5 Å². The molecule has 0 aliphatic carbocycles. The van der Waals surface area contributed by atoms with Crippen LogP contribution in [-0.4, -0.2) is 69.6 Å². The van der Waals surface area contributed by atoms with Crippen LogP contribution in [0.1, 0.15) is 47.0 Å². The van der Waals surface area contributed by atoms with Crippen molar-refractivity contribution in [3.05, 3.63) is 0 Å². The van der Waals surface area contributed by atoms with Crippen LogP contribution in [-0.2, 0) is 23.9 Å². The number of hydrazine groups is 1. The Morgan fingerprint density at radius 3 is 2.39 bits per heavy atom. The lowest BCUT2D eigenvalue weighted by Gasteiger charge is -2.34. The largest absolute Gasteiger partial charge is 0.460 e. The second-order valence-corrected chi connectivity index (χ2v) is 10.9. The van der Waals surface area contributed by atoms with Crippen LogP contribution in [0.3, 0.4) is 0 Å². The van der Waals surface area contributed by atoms with Gasteiger partial charge in [-0.1, -0.05) is 34.8 Å². The summed E-state index contributed by atoms with van der Waals surface area (Å²) < 4.78 is 8.34. The Morgan fingerprint density at radius 1 is 1.21 bits per heavy atom. The summed E-state index contributed by atoms with van der Waals surface area (Å²) in [7, 11) is 0. The molecular formula is C20H29Cl3N4O6. The zero-order valence-corrected chi connectivity index (χ0v) is 21.1. The normalized spacial score (nSPS) is 18.4. The van der Waals surface area contributed by atoms with E-state index < -0.39 is 58.0 Å². The molecule has 3 atom stereocenters. The number of nitrogens with one attached hydrogen (secondary N) is 3. The zero-order chi connectivity index (χ0) is 25.4. The molecule has 1 rings (SSSR count). The molecule has 1 fully saturated rings. The standard InChI is InChI=1S/C20H29Cl3N4O6/c1-6-8-13(25-18(31)33-19(3,4)5)15(28)24-12(2)16(29)27-10-7-9-14(26-27)17(30)32-11-20(21,22)23/h1,12-14,26H,7-11H2,2-5H3,(H,24,28)(H,25,31)/t12-,13-,14-/m0/s1. The second kappa shape index (κ2) is 12.5. The average Bonchev–Trinajstić information content (AvgIpc) is 2.69. The highest BCUT2D eigenvalue weighted by Gasteiger charge is 2.34. The Labute approximate surface area is 208 Å². The number of hydrogen-bond donors (Lipinski definition) is 3. The highest BCUT2D eigenvalue weighted by Crippen LogP contribution is 2.26. The van der Waals surface area contributed by atoms with Crippen LogP contribution in [0, 0.1) is 12.3 Å². The first kappa shape index (κ1) is 29.1. The van der Waals surface area contributed by atoms with Crippen molar-refractivity contribution >= 4 is 58.7 Å². The maximum atomic E-state index is 12.8. The van der Waals surface area contributed by atoms with Crippen molar-refractivity contribution in [2.24, 2.45) is 0 Å². The van der Waals surface area contributed by atoms with E-state index in [1.165, 1.54) is 11.9 Å². The molecule has 0 aromatic rings. The van der Waals surface area contributed by atoms with Crippen molar-refractivity contribution in [3.8, 4) is 12.3 Å². The molecule has 33 heavy (non-hydrogen) atoms. The van der Waals surface area contributed by atoms with Gasteiger partial charge in [0.05, 0.1) is 0 Å². The number of ether oxygens (including phenoxy) is 2. The minimum atomic E-state index is -1.75. The summed E-state index contributed by atoms with van der Waals surface area (Å²) in [5, 5.41) is 6.13. The fraction of sp³-hybridized carbons (Fsp3) is 0.700. The monoisotopic (exact) mass is 526 g/mol. The number of terminal acetylenes is 1. The predicted molar refractivity (Wildman–Crippen MR) is 123 cm³/mol. The molecule has 3 N–H and O–H groups in total. The highest BCUT2D eigenvalue weighted by atomic mass is 35.6. The van der Waals surface area contributed by atoms with Gasteiger partial charge in [-0.15, -0.1) is 12.3 Å². The molecule has 13 heteroatoms. The molecule has 0 aromatic heterocycles. The fourth-order valence-corrected chi connectivity index (χ4v) is 2.92. The third-order valence-electron chi connectivity index (χ3n) is 4.17. The van der Waals surface area contributed by atoms with Gasteiger partial charge < -0.3 is 20.1 Å². The Morgan fingerprint density at radius 2 is 1.85 bits per heavy atom. The number of nitrogens with zero attached hydrogens (tertiary/aromatic N) is 1. The summed E-state index contributed by atoms with van der Waals surface area (Å²) in [5.74, 6) is 0.472. The molecule has 0 spiro atoms. The van der Waals surface area contributed by atoms with Crippen molar-refractivity contribution in [3.63, 3.8) is 0 Å². The van der Waals surface area contributed by atoms with E-state index in [-0.39, 0.29) is 6.42 Å². The number of carbonyl (C=O) groups excluding carboxylic acids is 4. The summed E-state index contributed by atoms with van der Waals surface area (Å²) in [5.41, 5.74) is 2.00. The van der Waals surface area contributed by atoms with E-state index in [9.17, 15) is 19.2 Å². The lowest BCUT2D eigenvalue weighted by atomic mass is 10.1. The third kappa shape index (κ3) is 11.2. The molecule has 0 aromatic carbocycles. The molecule has 0 radical (unpaired) electrons. The van der Waals surface area contributed by atoms with Gasteiger partial charge in [0.1, 0.15) is 30.3 Å². The summed E-state index contributed by atoms with van der Waals surface area (Å²) in [4.78, 5) is 49.6. The Bertz CT molecular complexity index is 775. The van der Waals surface area contributed by atoms with Crippen molar-refractivity contribution in [2.45, 2.75) is 74.5 Å². The Balaban J connectivity index is 2.68. The van der Waals surface area contributed by atoms with E-state index in [1.54, 1.807) is 20.8 Å². The molecule has 1 aliphatic heterocycles. The molecule has 0 unspecified atom stereocenters. The topological polar surface area (TPSA) is 126 Å². The van der Waals surface area contributed by atoms with Gasteiger partial charge in [-0.3, -0.25) is 19.4 Å². The number of halogens is 3. The lowest BCUT2D eigenvalue weighted by molar-refractivity contribution is -0.152. The van der Waals surface area contributed by atoms with Crippen LogP contribution in [0.25, 0.3) is 0 Å². The van der Waals surface area contributed by atoms with Crippen LogP contribution in [0.4, 0.5) is 4.79 Å². The first-order valence-electron chi connectivity index (χ1n) is 10.2. The number of amides is 3. The number of hydrogen-bond acceptors (Lipinski definition) is 7. The van der Waals surface area contributed by atoms with Crippen LogP contribution in [0.2, 0.25) is 0 Å². The third-order valence-corrected chi connectivity index (χ3v) is 4.50. The Kier molecular flexibility index (Phi) is 11.0. The smallest absolute Gasteiger partial charge is 0.408 e. The molecule has 1 aliphatic rings. The number of rotatable bonds is 7. The minimum absolute atomic E-state index is 0.106. The first-order chi connectivity index (χ1) is 15.1. The molecule has 3 amide bonds. The maximum Gasteiger partial charge on any atom is 0.408 e. The zero-order valence-electron chi connectivity index (χ0n) is 18.9. The summed E-state index contributed by atoms with van der Waals surface area (Å²) in [6, 6.07) is -2.90. The summed E-state index contributed by atoms with van der Waals surface area (Å²) in [6.07, 6.45) is 5.29. The molecule has 1 heterocycles. The van der Waals surface area contributed by atoms with E-state index in [4.69, 9.17) is 50.7 Å².